The standard InChI is InChI=1S/C20H26N4O2/c1-4-23-9-11-24(12-10-23)20(25)16-6-8-19(21-14-16)22-17-13-15(2)5-7-18(17)26-3/h5-8,13-14H,4,9-12H2,1-3H3,(H,21,22). The highest BCUT2D eigenvalue weighted by Gasteiger charge is 2.21. The lowest BCUT2D eigenvalue weighted by molar-refractivity contribution is 0.0643. The van der Waals surface area contributed by atoms with E-state index in [1.165, 1.54) is 0 Å². The minimum absolute atomic E-state index is 0.0490. The number of rotatable bonds is 5. The zero-order valence-corrected chi connectivity index (χ0v) is 15.7. The van der Waals surface area contributed by atoms with E-state index in [1.807, 2.05) is 42.2 Å². The number of aryl methyl sites for hydroxylation is 1. The molecular formula is C20H26N4O2. The molecule has 1 aromatic heterocycles. The fourth-order valence-electron chi connectivity index (χ4n) is 3.10. The molecule has 3 rings (SSSR count). The molecule has 6 nitrogen and oxygen atoms in total. The first-order chi connectivity index (χ1) is 12.6. The van der Waals surface area contributed by atoms with Gasteiger partial charge in [0.2, 0.25) is 0 Å². The van der Waals surface area contributed by atoms with Crippen LogP contribution in [-0.4, -0.2) is 60.5 Å². The molecule has 0 aliphatic carbocycles. The molecule has 26 heavy (non-hydrogen) atoms. The smallest absolute Gasteiger partial charge is 0.255 e. The van der Waals surface area contributed by atoms with Gasteiger partial charge in [0.25, 0.3) is 5.91 Å². The third-order valence-electron chi connectivity index (χ3n) is 4.73. The van der Waals surface area contributed by atoms with Crippen molar-refractivity contribution in [2.45, 2.75) is 13.8 Å². The van der Waals surface area contributed by atoms with Crippen molar-refractivity contribution in [1.82, 2.24) is 14.8 Å². The third kappa shape index (κ3) is 4.14. The lowest BCUT2D eigenvalue weighted by Crippen LogP contribution is -2.48. The van der Waals surface area contributed by atoms with Crippen LogP contribution in [0.2, 0.25) is 0 Å². The Hall–Kier alpha value is -2.60. The Labute approximate surface area is 154 Å². The summed E-state index contributed by atoms with van der Waals surface area (Å²) in [5, 5.41) is 3.26. The number of aromatic nitrogens is 1. The van der Waals surface area contributed by atoms with Gasteiger partial charge < -0.3 is 19.9 Å². The highest BCUT2D eigenvalue weighted by Crippen LogP contribution is 2.27. The zero-order chi connectivity index (χ0) is 18.5. The lowest BCUT2D eigenvalue weighted by atomic mass is 10.2. The van der Waals surface area contributed by atoms with E-state index in [0.29, 0.717) is 11.4 Å². The number of hydrogen-bond acceptors (Lipinski definition) is 5. The molecule has 1 aromatic carbocycles. The molecule has 0 saturated carbocycles. The van der Waals surface area contributed by atoms with Gasteiger partial charge >= 0.3 is 0 Å². The Morgan fingerprint density at radius 3 is 2.58 bits per heavy atom. The molecule has 0 unspecified atom stereocenters. The fourth-order valence-corrected chi connectivity index (χ4v) is 3.10. The maximum atomic E-state index is 12.6. The number of pyridine rings is 1. The van der Waals surface area contributed by atoms with Gasteiger partial charge in [-0.1, -0.05) is 13.0 Å². The van der Waals surface area contributed by atoms with Gasteiger partial charge in [-0.3, -0.25) is 4.79 Å². The number of likely N-dealkylation sites (N-methyl/N-ethyl adjacent to an activating group) is 1. The molecule has 0 spiro atoms. The second kappa shape index (κ2) is 8.19. The number of carbonyl (C=O) groups excluding carboxylic acids is 1. The van der Waals surface area contributed by atoms with Gasteiger partial charge in [-0.25, -0.2) is 4.98 Å². The number of hydrogen-bond donors (Lipinski definition) is 1. The molecule has 1 aliphatic rings. The van der Waals surface area contributed by atoms with Gasteiger partial charge in [0.1, 0.15) is 11.6 Å². The van der Waals surface area contributed by atoms with E-state index in [9.17, 15) is 4.79 Å². The Morgan fingerprint density at radius 1 is 1.19 bits per heavy atom. The minimum Gasteiger partial charge on any atom is -0.495 e. The quantitative estimate of drug-likeness (QED) is 0.895. The Balaban J connectivity index is 1.67. The SMILES string of the molecule is CCN1CCN(C(=O)c2ccc(Nc3cc(C)ccc3OC)nc2)CC1. The van der Waals surface area contributed by atoms with Crippen LogP contribution in [0.3, 0.4) is 0 Å². The molecule has 138 valence electrons. The van der Waals surface area contributed by atoms with E-state index in [2.05, 4.69) is 22.1 Å². The predicted molar refractivity (Wildman–Crippen MR) is 103 cm³/mol. The molecule has 0 radical (unpaired) electrons. The van der Waals surface area contributed by atoms with E-state index >= 15 is 0 Å². The maximum absolute atomic E-state index is 12.6. The fraction of sp³-hybridized carbons (Fsp3) is 0.400. The molecule has 6 heteroatoms. The zero-order valence-electron chi connectivity index (χ0n) is 15.7. The molecule has 2 heterocycles. The summed E-state index contributed by atoms with van der Waals surface area (Å²) in [4.78, 5) is 21.3. The number of carbonyl (C=O) groups is 1. The number of nitrogens with one attached hydrogen (secondary N) is 1. The van der Waals surface area contributed by atoms with Crippen LogP contribution in [0.4, 0.5) is 11.5 Å². The third-order valence-corrected chi connectivity index (χ3v) is 4.73. The average molecular weight is 354 g/mol. The molecule has 2 aromatic rings. The van der Waals surface area contributed by atoms with E-state index in [-0.39, 0.29) is 5.91 Å². The number of piperazine rings is 1. The van der Waals surface area contributed by atoms with Crippen molar-refractivity contribution >= 4 is 17.4 Å². The van der Waals surface area contributed by atoms with Gasteiger partial charge in [-0.15, -0.1) is 0 Å². The van der Waals surface area contributed by atoms with Crippen LogP contribution in [0, 0.1) is 6.92 Å². The van der Waals surface area contributed by atoms with Crippen LogP contribution in [0.25, 0.3) is 0 Å². The first-order valence-electron chi connectivity index (χ1n) is 9.00. The molecule has 1 N–H and O–H groups in total. The molecule has 1 fully saturated rings. The highest BCUT2D eigenvalue weighted by atomic mass is 16.5. The lowest BCUT2D eigenvalue weighted by Gasteiger charge is -2.34. The van der Waals surface area contributed by atoms with Crippen LogP contribution < -0.4 is 10.1 Å². The van der Waals surface area contributed by atoms with Crippen molar-refractivity contribution in [3.8, 4) is 5.75 Å². The molecule has 1 aliphatic heterocycles. The monoisotopic (exact) mass is 354 g/mol. The minimum atomic E-state index is 0.0490. The van der Waals surface area contributed by atoms with Crippen molar-refractivity contribution in [3.05, 3.63) is 47.7 Å². The maximum Gasteiger partial charge on any atom is 0.255 e. The number of amides is 1. The summed E-state index contributed by atoms with van der Waals surface area (Å²) in [6.07, 6.45) is 1.64. The first-order valence-corrected chi connectivity index (χ1v) is 9.00. The van der Waals surface area contributed by atoms with Gasteiger partial charge in [0.15, 0.2) is 0 Å². The van der Waals surface area contributed by atoms with Crippen molar-refractivity contribution in [3.63, 3.8) is 0 Å². The van der Waals surface area contributed by atoms with Crippen molar-refractivity contribution < 1.29 is 9.53 Å². The normalized spacial score (nSPS) is 15.0. The molecular weight excluding hydrogens is 328 g/mol. The number of nitrogens with zero attached hydrogens (tertiary/aromatic N) is 3. The second-order valence-electron chi connectivity index (χ2n) is 6.49. The molecule has 0 atom stereocenters. The summed E-state index contributed by atoms with van der Waals surface area (Å²) in [6, 6.07) is 9.58. The van der Waals surface area contributed by atoms with E-state index in [1.54, 1.807) is 13.3 Å². The van der Waals surface area contributed by atoms with Crippen LogP contribution in [0.5, 0.6) is 5.75 Å². The van der Waals surface area contributed by atoms with Crippen LogP contribution in [0.15, 0.2) is 36.5 Å². The van der Waals surface area contributed by atoms with Crippen LogP contribution >= 0.6 is 0 Å². The summed E-state index contributed by atoms with van der Waals surface area (Å²) in [6.45, 7) is 8.62. The largest absolute Gasteiger partial charge is 0.495 e. The van der Waals surface area contributed by atoms with Gasteiger partial charge in [-0.2, -0.15) is 0 Å². The number of ether oxygens (including phenoxy) is 1. The first kappa shape index (κ1) is 18.2. The van der Waals surface area contributed by atoms with E-state index < -0.39 is 0 Å². The van der Waals surface area contributed by atoms with Crippen molar-refractivity contribution in [2.24, 2.45) is 0 Å². The number of anilines is 2. The van der Waals surface area contributed by atoms with E-state index in [4.69, 9.17) is 4.74 Å². The van der Waals surface area contributed by atoms with Crippen molar-refractivity contribution in [1.29, 1.82) is 0 Å². The molecule has 1 amide bonds. The Kier molecular flexibility index (Phi) is 5.73. The molecule has 0 bridgehead atoms. The van der Waals surface area contributed by atoms with Crippen LogP contribution in [-0.2, 0) is 0 Å². The topological polar surface area (TPSA) is 57.7 Å². The number of benzene rings is 1. The van der Waals surface area contributed by atoms with Crippen molar-refractivity contribution in [2.75, 3.05) is 45.2 Å². The average Bonchev–Trinajstić information content (AvgIpc) is 2.68. The predicted octanol–water partition coefficient (Wildman–Crippen LogP) is 2.92. The summed E-state index contributed by atoms with van der Waals surface area (Å²) >= 11 is 0. The second-order valence-corrected chi connectivity index (χ2v) is 6.49. The number of methoxy groups -OCH3 is 1. The van der Waals surface area contributed by atoms with Gasteiger partial charge in [0, 0.05) is 32.4 Å². The Morgan fingerprint density at radius 2 is 1.96 bits per heavy atom. The van der Waals surface area contributed by atoms with E-state index in [0.717, 1.165) is 49.7 Å². The van der Waals surface area contributed by atoms with Crippen LogP contribution in [0.1, 0.15) is 22.8 Å². The Bertz CT molecular complexity index is 753. The summed E-state index contributed by atoms with van der Waals surface area (Å²) in [7, 11) is 1.64. The summed E-state index contributed by atoms with van der Waals surface area (Å²) in [5.41, 5.74) is 2.61. The van der Waals surface area contributed by atoms with Gasteiger partial charge in [0.05, 0.1) is 18.4 Å². The molecule has 1 saturated heterocycles. The highest BCUT2D eigenvalue weighted by molar-refractivity contribution is 5.94. The summed E-state index contributed by atoms with van der Waals surface area (Å²) < 4.78 is 5.38. The summed E-state index contributed by atoms with van der Waals surface area (Å²) in [5.74, 6) is 1.49. The van der Waals surface area contributed by atoms with Gasteiger partial charge in [-0.05, 0) is 43.3 Å².